The largest absolute Gasteiger partial charge is 0.481 e. The highest BCUT2D eigenvalue weighted by Gasteiger charge is 2.28. The number of fused-ring (bicyclic) bond motifs is 2. The molecular formula is C40H39N7O4. The molecule has 1 fully saturated rings. The smallest absolute Gasteiger partial charge is 0.307 e. The van der Waals surface area contributed by atoms with Gasteiger partial charge >= 0.3 is 5.97 Å². The topological polar surface area (TPSA) is 160 Å². The van der Waals surface area contributed by atoms with Crippen molar-refractivity contribution < 1.29 is 19.4 Å². The number of nitrogens with zero attached hydrogens (tertiary/aromatic N) is 5. The van der Waals surface area contributed by atoms with Crippen molar-refractivity contribution in [3.05, 3.63) is 101 Å². The lowest BCUT2D eigenvalue weighted by Crippen LogP contribution is -2.28. The minimum Gasteiger partial charge on any atom is -0.481 e. The van der Waals surface area contributed by atoms with E-state index in [-0.39, 0.29) is 18.6 Å². The van der Waals surface area contributed by atoms with E-state index in [9.17, 15) is 20.3 Å². The molecule has 1 saturated heterocycles. The molecule has 4 N–H and O–H groups in total. The third kappa shape index (κ3) is 6.90. The first kappa shape index (κ1) is 33.8. The van der Waals surface area contributed by atoms with Crippen molar-refractivity contribution in [3.8, 4) is 28.7 Å². The maximum atomic E-state index is 11.4. The van der Waals surface area contributed by atoms with Gasteiger partial charge in [-0.05, 0) is 104 Å². The number of aliphatic carboxylic acids is 1. The average molecular weight is 682 g/mol. The number of hydrogen-bond acceptors (Lipinski definition) is 10. The molecule has 11 nitrogen and oxygen atoms in total. The normalized spacial score (nSPS) is 15.3. The standard InChI is InChI=1S/C40H39N7O4/c1-23(22-48)43-18-27-15-28-10-12-42-38(36(28)44-19-27)45-34-9-5-7-32(25(34)3)31-6-4-8-33(24(31)2)39-46-35-16-26(14-30(17-41)37(35)51-39)20-47-13-11-29(21-47)40(49)50/h4-10,12,14-16,19,23,29,43,48H,11,13,18,20-22H2,1-3H3,(H,42,45)(H,49,50)/t23-,29+/m0/s1. The van der Waals surface area contributed by atoms with Gasteiger partial charge in [0, 0.05) is 54.7 Å². The summed E-state index contributed by atoms with van der Waals surface area (Å²) in [4.78, 5) is 27.8. The molecule has 0 radical (unpaired) electrons. The number of aliphatic hydroxyl groups is 1. The molecule has 51 heavy (non-hydrogen) atoms. The van der Waals surface area contributed by atoms with Gasteiger partial charge in [0.2, 0.25) is 5.89 Å². The van der Waals surface area contributed by atoms with Gasteiger partial charge in [0.1, 0.15) is 17.1 Å². The Balaban J connectivity index is 1.17. The molecule has 0 aliphatic carbocycles. The van der Waals surface area contributed by atoms with Crippen LogP contribution in [0.15, 0.2) is 77.5 Å². The fourth-order valence-electron chi connectivity index (χ4n) is 6.82. The summed E-state index contributed by atoms with van der Waals surface area (Å²) in [5.74, 6) is -0.0418. The van der Waals surface area contributed by atoms with Crippen LogP contribution in [0.1, 0.15) is 41.2 Å². The van der Waals surface area contributed by atoms with E-state index >= 15 is 0 Å². The van der Waals surface area contributed by atoms with Crippen molar-refractivity contribution >= 4 is 39.5 Å². The molecule has 1 aliphatic heterocycles. The lowest BCUT2D eigenvalue weighted by Gasteiger charge is -2.16. The van der Waals surface area contributed by atoms with Crippen LogP contribution in [0.5, 0.6) is 0 Å². The summed E-state index contributed by atoms with van der Waals surface area (Å²) in [6.07, 6.45) is 4.23. The van der Waals surface area contributed by atoms with Crippen LogP contribution in [-0.4, -0.2) is 61.8 Å². The van der Waals surface area contributed by atoms with Gasteiger partial charge in [0.15, 0.2) is 11.4 Å². The Labute approximate surface area is 295 Å². The number of aliphatic hydroxyl groups excluding tert-OH is 1. The average Bonchev–Trinajstić information content (AvgIpc) is 3.79. The van der Waals surface area contributed by atoms with Crippen molar-refractivity contribution in [1.82, 2.24) is 25.2 Å². The Hall–Kier alpha value is -5.67. The Morgan fingerprint density at radius 2 is 1.84 bits per heavy atom. The summed E-state index contributed by atoms with van der Waals surface area (Å²) in [5, 5.41) is 36.5. The van der Waals surface area contributed by atoms with E-state index in [0.29, 0.717) is 61.0 Å². The number of aromatic nitrogens is 3. The molecule has 0 unspecified atom stereocenters. The van der Waals surface area contributed by atoms with E-state index in [0.717, 1.165) is 55.5 Å². The Morgan fingerprint density at radius 1 is 1.06 bits per heavy atom. The number of rotatable bonds is 11. The summed E-state index contributed by atoms with van der Waals surface area (Å²) in [6, 6.07) is 22.2. The predicted molar refractivity (Wildman–Crippen MR) is 196 cm³/mol. The molecule has 0 spiro atoms. The molecule has 0 amide bonds. The zero-order chi connectivity index (χ0) is 35.6. The van der Waals surface area contributed by atoms with Gasteiger partial charge in [0.05, 0.1) is 18.1 Å². The summed E-state index contributed by atoms with van der Waals surface area (Å²) >= 11 is 0. The number of carbonyl (C=O) groups is 1. The van der Waals surface area contributed by atoms with Crippen LogP contribution in [0.2, 0.25) is 0 Å². The molecule has 11 heteroatoms. The first-order valence-corrected chi connectivity index (χ1v) is 17.1. The van der Waals surface area contributed by atoms with Crippen molar-refractivity contribution in [1.29, 1.82) is 5.26 Å². The molecule has 258 valence electrons. The highest BCUT2D eigenvalue weighted by Crippen LogP contribution is 2.38. The molecule has 1 aliphatic rings. The van der Waals surface area contributed by atoms with E-state index in [1.807, 2.05) is 62.5 Å². The molecule has 0 bridgehead atoms. The summed E-state index contributed by atoms with van der Waals surface area (Å²) in [5.41, 5.74) is 9.95. The number of carboxylic acid groups (broad SMARTS) is 1. The molecule has 0 saturated carbocycles. The van der Waals surface area contributed by atoms with E-state index in [1.54, 1.807) is 6.20 Å². The second-order valence-electron chi connectivity index (χ2n) is 13.3. The van der Waals surface area contributed by atoms with E-state index < -0.39 is 5.97 Å². The van der Waals surface area contributed by atoms with Crippen LogP contribution in [0.25, 0.3) is 44.6 Å². The molecule has 3 aromatic heterocycles. The van der Waals surface area contributed by atoms with E-state index in [1.165, 1.54) is 0 Å². The first-order valence-electron chi connectivity index (χ1n) is 17.1. The van der Waals surface area contributed by atoms with Crippen molar-refractivity contribution in [2.75, 3.05) is 25.0 Å². The van der Waals surface area contributed by atoms with Gasteiger partial charge in [-0.2, -0.15) is 5.26 Å². The van der Waals surface area contributed by atoms with Gasteiger partial charge in [-0.1, -0.05) is 24.3 Å². The number of anilines is 2. The summed E-state index contributed by atoms with van der Waals surface area (Å²) in [7, 11) is 0. The highest BCUT2D eigenvalue weighted by molar-refractivity contribution is 5.91. The van der Waals surface area contributed by atoms with Crippen molar-refractivity contribution in [2.24, 2.45) is 5.92 Å². The van der Waals surface area contributed by atoms with Gasteiger partial charge in [-0.25, -0.2) is 9.97 Å². The Morgan fingerprint density at radius 3 is 2.61 bits per heavy atom. The SMILES string of the molecule is Cc1c(Nc2nccc3cc(CN[C@@H](C)CO)cnc23)cccc1-c1cccc(-c2nc3cc(CN4CC[C@@H](C(=O)O)C4)cc(C#N)c3o2)c1C. The molecule has 6 aromatic rings. The minimum atomic E-state index is -0.768. The number of nitrogens with one attached hydrogen (secondary N) is 2. The number of oxazole rings is 1. The number of likely N-dealkylation sites (tertiary alicyclic amines) is 1. The van der Waals surface area contributed by atoms with E-state index in [2.05, 4.69) is 51.7 Å². The zero-order valence-electron chi connectivity index (χ0n) is 28.8. The minimum absolute atomic E-state index is 0.00253. The van der Waals surface area contributed by atoms with Crippen LogP contribution >= 0.6 is 0 Å². The lowest BCUT2D eigenvalue weighted by molar-refractivity contribution is -0.141. The van der Waals surface area contributed by atoms with Crippen LogP contribution in [0.3, 0.4) is 0 Å². The summed E-state index contributed by atoms with van der Waals surface area (Å²) < 4.78 is 6.27. The Bertz CT molecular complexity index is 2310. The molecule has 4 heterocycles. The van der Waals surface area contributed by atoms with Gasteiger partial charge < -0.3 is 25.3 Å². The number of nitriles is 1. The fraction of sp³-hybridized carbons (Fsp3) is 0.275. The van der Waals surface area contributed by atoms with Crippen LogP contribution in [0.4, 0.5) is 11.5 Å². The number of pyridine rings is 2. The quantitative estimate of drug-likeness (QED) is 0.115. The lowest BCUT2D eigenvalue weighted by atomic mass is 9.93. The molecule has 3 aromatic carbocycles. The number of carboxylic acids is 1. The van der Waals surface area contributed by atoms with Crippen LogP contribution in [0, 0.1) is 31.1 Å². The summed E-state index contributed by atoms with van der Waals surface area (Å²) in [6.45, 7) is 8.46. The second-order valence-corrected chi connectivity index (χ2v) is 13.3. The van der Waals surface area contributed by atoms with Gasteiger partial charge in [-0.3, -0.25) is 14.7 Å². The van der Waals surface area contributed by atoms with Crippen LogP contribution in [-0.2, 0) is 17.9 Å². The molecule has 7 rings (SSSR count). The predicted octanol–water partition coefficient (Wildman–Crippen LogP) is 6.71. The molecule has 2 atom stereocenters. The van der Waals surface area contributed by atoms with Gasteiger partial charge in [0.25, 0.3) is 0 Å². The number of hydrogen-bond donors (Lipinski definition) is 4. The Kier molecular flexibility index (Phi) is 9.47. The van der Waals surface area contributed by atoms with Crippen molar-refractivity contribution in [2.45, 2.75) is 46.3 Å². The van der Waals surface area contributed by atoms with Gasteiger partial charge in [-0.15, -0.1) is 0 Å². The fourth-order valence-corrected chi connectivity index (χ4v) is 6.82. The number of benzene rings is 3. The maximum absolute atomic E-state index is 11.4. The van der Waals surface area contributed by atoms with Crippen molar-refractivity contribution in [3.63, 3.8) is 0 Å². The third-order valence-electron chi connectivity index (χ3n) is 9.72. The molecular weight excluding hydrogens is 642 g/mol. The second kappa shape index (κ2) is 14.3. The highest BCUT2D eigenvalue weighted by atomic mass is 16.4. The van der Waals surface area contributed by atoms with E-state index in [4.69, 9.17) is 14.4 Å². The van der Waals surface area contributed by atoms with Crippen LogP contribution < -0.4 is 10.6 Å². The monoisotopic (exact) mass is 681 g/mol. The zero-order valence-corrected chi connectivity index (χ0v) is 28.8. The maximum Gasteiger partial charge on any atom is 0.307 e. The first-order chi connectivity index (χ1) is 24.7. The third-order valence-corrected chi connectivity index (χ3v) is 9.72.